The van der Waals surface area contributed by atoms with Gasteiger partial charge in [0.05, 0.1) is 7.11 Å². The number of hydrogen-bond acceptors (Lipinski definition) is 2. The lowest BCUT2D eigenvalue weighted by atomic mass is 10.1. The predicted molar refractivity (Wildman–Crippen MR) is 44.9 cm³/mol. The van der Waals surface area contributed by atoms with Crippen molar-refractivity contribution in [2.75, 3.05) is 7.11 Å². The maximum Gasteiger partial charge on any atom is 0.339 e. The van der Waals surface area contributed by atoms with Gasteiger partial charge in [-0.05, 0) is 12.1 Å². The van der Waals surface area contributed by atoms with Gasteiger partial charge in [-0.2, -0.15) is 0 Å². The number of aromatic carboxylic acids is 1. The smallest absolute Gasteiger partial charge is 0.339 e. The minimum absolute atomic E-state index is 0.0599. The number of hydrogen-bond donors (Lipinski definition) is 1. The average molecular weight is 202 g/mol. The third kappa shape index (κ3) is 1.99. The van der Waals surface area contributed by atoms with Crippen molar-refractivity contribution < 1.29 is 23.4 Å². The first-order chi connectivity index (χ1) is 6.56. The number of rotatable bonds is 3. The Kier molecular flexibility index (Phi) is 3.01. The molecule has 76 valence electrons. The Bertz CT molecular complexity index is 350. The zero-order valence-corrected chi connectivity index (χ0v) is 7.33. The van der Waals surface area contributed by atoms with E-state index in [0.717, 1.165) is 18.2 Å². The number of benzene rings is 1. The summed E-state index contributed by atoms with van der Waals surface area (Å²) in [4.78, 5) is 10.6. The van der Waals surface area contributed by atoms with Crippen LogP contribution in [0.25, 0.3) is 0 Å². The third-order valence-corrected chi connectivity index (χ3v) is 1.71. The van der Waals surface area contributed by atoms with Gasteiger partial charge in [-0.15, -0.1) is 0 Å². The van der Waals surface area contributed by atoms with E-state index in [1.807, 2.05) is 0 Å². The van der Waals surface area contributed by atoms with Crippen LogP contribution < -0.4 is 4.74 Å². The highest BCUT2D eigenvalue weighted by atomic mass is 19.3. The van der Waals surface area contributed by atoms with Gasteiger partial charge in [0, 0.05) is 5.56 Å². The van der Waals surface area contributed by atoms with Crippen LogP contribution in [0.3, 0.4) is 0 Å². The highest BCUT2D eigenvalue weighted by molar-refractivity contribution is 5.90. The number of carboxylic acid groups (broad SMARTS) is 1. The van der Waals surface area contributed by atoms with Gasteiger partial charge in [0.25, 0.3) is 6.43 Å². The molecular weight excluding hydrogens is 194 g/mol. The number of methoxy groups -OCH3 is 1. The monoisotopic (exact) mass is 202 g/mol. The Hall–Kier alpha value is -1.65. The summed E-state index contributed by atoms with van der Waals surface area (Å²) in [7, 11) is 1.23. The molecule has 0 radical (unpaired) electrons. The SMILES string of the molecule is COc1cc(C(F)F)ccc1C(=O)O. The number of alkyl halides is 2. The molecule has 0 saturated heterocycles. The zero-order chi connectivity index (χ0) is 10.7. The Labute approximate surface area is 78.9 Å². The van der Waals surface area contributed by atoms with E-state index in [0.29, 0.717) is 0 Å². The molecule has 0 fully saturated rings. The maximum atomic E-state index is 12.2. The molecular formula is C9H8F2O3. The second-order valence-electron chi connectivity index (χ2n) is 2.57. The van der Waals surface area contributed by atoms with Crippen molar-refractivity contribution >= 4 is 5.97 Å². The Morgan fingerprint density at radius 3 is 2.57 bits per heavy atom. The van der Waals surface area contributed by atoms with Crippen LogP contribution in [0.2, 0.25) is 0 Å². The molecule has 14 heavy (non-hydrogen) atoms. The minimum Gasteiger partial charge on any atom is -0.496 e. The van der Waals surface area contributed by atoms with E-state index in [4.69, 9.17) is 5.11 Å². The summed E-state index contributed by atoms with van der Waals surface area (Å²) in [5.41, 5.74) is -0.385. The van der Waals surface area contributed by atoms with E-state index in [9.17, 15) is 13.6 Å². The molecule has 0 aliphatic rings. The molecule has 0 spiro atoms. The molecule has 1 aromatic rings. The Balaban J connectivity index is 3.18. The first kappa shape index (κ1) is 10.4. The van der Waals surface area contributed by atoms with Crippen LogP contribution in [-0.4, -0.2) is 18.2 Å². The summed E-state index contributed by atoms with van der Waals surface area (Å²) >= 11 is 0. The highest BCUT2D eigenvalue weighted by Gasteiger charge is 2.14. The molecule has 0 aliphatic carbocycles. The van der Waals surface area contributed by atoms with E-state index in [1.165, 1.54) is 7.11 Å². The van der Waals surface area contributed by atoms with Crippen LogP contribution in [0.1, 0.15) is 22.3 Å². The summed E-state index contributed by atoms with van der Waals surface area (Å²) in [6, 6.07) is 3.19. The molecule has 1 rings (SSSR count). The van der Waals surface area contributed by atoms with Gasteiger partial charge in [0.15, 0.2) is 0 Å². The summed E-state index contributed by atoms with van der Waals surface area (Å²) < 4.78 is 29.1. The minimum atomic E-state index is -2.63. The van der Waals surface area contributed by atoms with Crippen LogP contribution in [-0.2, 0) is 0 Å². The van der Waals surface area contributed by atoms with Crippen molar-refractivity contribution in [3.63, 3.8) is 0 Å². The molecule has 1 N–H and O–H groups in total. The van der Waals surface area contributed by atoms with E-state index >= 15 is 0 Å². The van der Waals surface area contributed by atoms with Gasteiger partial charge in [0.1, 0.15) is 11.3 Å². The largest absolute Gasteiger partial charge is 0.496 e. The van der Waals surface area contributed by atoms with Crippen molar-refractivity contribution in [3.05, 3.63) is 29.3 Å². The lowest BCUT2D eigenvalue weighted by molar-refractivity contribution is 0.0692. The van der Waals surface area contributed by atoms with Gasteiger partial charge in [-0.3, -0.25) is 0 Å². The molecule has 0 atom stereocenters. The number of ether oxygens (including phenoxy) is 1. The fourth-order valence-electron chi connectivity index (χ4n) is 1.02. The topological polar surface area (TPSA) is 46.5 Å². The summed E-state index contributed by atoms with van der Waals surface area (Å²) in [5.74, 6) is -1.27. The molecule has 3 nitrogen and oxygen atoms in total. The van der Waals surface area contributed by atoms with E-state index in [-0.39, 0.29) is 16.9 Å². The molecule has 1 aromatic carbocycles. The molecule has 0 bridgehead atoms. The third-order valence-electron chi connectivity index (χ3n) is 1.71. The molecule has 5 heteroatoms. The molecule has 0 unspecified atom stereocenters. The predicted octanol–water partition coefficient (Wildman–Crippen LogP) is 2.33. The fourth-order valence-corrected chi connectivity index (χ4v) is 1.02. The van der Waals surface area contributed by atoms with Gasteiger partial charge in [-0.25, -0.2) is 13.6 Å². The Morgan fingerprint density at radius 1 is 1.50 bits per heavy atom. The Morgan fingerprint density at radius 2 is 2.14 bits per heavy atom. The van der Waals surface area contributed by atoms with Crippen molar-refractivity contribution in [1.82, 2.24) is 0 Å². The van der Waals surface area contributed by atoms with Crippen molar-refractivity contribution in [3.8, 4) is 5.75 Å². The standard InChI is InChI=1S/C9H8F2O3/c1-14-7-4-5(8(10)11)2-3-6(7)9(12)13/h2-4,8H,1H3,(H,12,13). The first-order valence-electron chi connectivity index (χ1n) is 3.75. The normalized spacial score (nSPS) is 10.3. The molecule has 0 aromatic heterocycles. The number of carboxylic acids is 1. The average Bonchev–Trinajstić information content (AvgIpc) is 2.16. The van der Waals surface area contributed by atoms with Crippen LogP contribution in [0.5, 0.6) is 5.75 Å². The first-order valence-corrected chi connectivity index (χ1v) is 3.75. The second-order valence-corrected chi connectivity index (χ2v) is 2.57. The van der Waals surface area contributed by atoms with Crippen molar-refractivity contribution in [1.29, 1.82) is 0 Å². The molecule has 0 heterocycles. The zero-order valence-electron chi connectivity index (χ0n) is 7.33. The van der Waals surface area contributed by atoms with Crippen LogP contribution >= 0.6 is 0 Å². The maximum absolute atomic E-state index is 12.2. The lowest BCUT2D eigenvalue weighted by Gasteiger charge is -2.06. The lowest BCUT2D eigenvalue weighted by Crippen LogP contribution is -2.01. The van der Waals surface area contributed by atoms with Gasteiger partial charge in [-0.1, -0.05) is 6.07 Å². The quantitative estimate of drug-likeness (QED) is 0.818. The summed E-state index contributed by atoms with van der Waals surface area (Å²) in [6.45, 7) is 0. The van der Waals surface area contributed by atoms with Crippen molar-refractivity contribution in [2.24, 2.45) is 0 Å². The molecule has 0 saturated carbocycles. The van der Waals surface area contributed by atoms with Gasteiger partial charge in [0.2, 0.25) is 0 Å². The number of carbonyl (C=O) groups is 1. The van der Waals surface area contributed by atoms with E-state index in [1.54, 1.807) is 0 Å². The molecule has 0 amide bonds. The van der Waals surface area contributed by atoms with Crippen LogP contribution in [0, 0.1) is 0 Å². The van der Waals surface area contributed by atoms with Gasteiger partial charge >= 0.3 is 5.97 Å². The van der Waals surface area contributed by atoms with E-state index in [2.05, 4.69) is 4.74 Å². The highest BCUT2D eigenvalue weighted by Crippen LogP contribution is 2.26. The van der Waals surface area contributed by atoms with Crippen LogP contribution in [0.15, 0.2) is 18.2 Å². The fraction of sp³-hybridized carbons (Fsp3) is 0.222. The van der Waals surface area contributed by atoms with Crippen molar-refractivity contribution in [2.45, 2.75) is 6.43 Å². The second kappa shape index (κ2) is 4.04. The van der Waals surface area contributed by atoms with Crippen LogP contribution in [0.4, 0.5) is 8.78 Å². The molecule has 0 aliphatic heterocycles. The summed E-state index contributed by atoms with van der Waals surface area (Å²) in [6.07, 6.45) is -2.63. The van der Waals surface area contributed by atoms with E-state index < -0.39 is 12.4 Å². The number of halogens is 2. The van der Waals surface area contributed by atoms with Gasteiger partial charge < -0.3 is 9.84 Å². The summed E-state index contributed by atoms with van der Waals surface area (Å²) in [5, 5.41) is 8.66.